The molecule has 0 radical (unpaired) electrons. The largest absolute Gasteiger partial charge is 0.344 e. The first-order valence-corrected chi connectivity index (χ1v) is 6.92. The van der Waals surface area contributed by atoms with Gasteiger partial charge < -0.3 is 4.90 Å². The molecule has 1 aliphatic rings. The minimum atomic E-state index is 0.295. The van der Waals surface area contributed by atoms with Gasteiger partial charge in [0.05, 0.1) is 0 Å². The van der Waals surface area contributed by atoms with Gasteiger partial charge in [0.15, 0.2) is 0 Å². The van der Waals surface area contributed by atoms with Crippen LogP contribution in [0.2, 0.25) is 0 Å². The summed E-state index contributed by atoms with van der Waals surface area (Å²) in [7, 11) is 1.92. The maximum absolute atomic E-state index is 12.1. The Morgan fingerprint density at radius 1 is 1.33 bits per heavy atom. The topological polar surface area (TPSA) is 20.3 Å². The standard InChI is InChI=1S/C12H22BrNO/c1-10(13)9-14(2)12(15)11-7-5-3-4-6-8-11/h10-11H,3-9H2,1-2H3. The summed E-state index contributed by atoms with van der Waals surface area (Å²) in [6.45, 7) is 2.90. The average Bonchev–Trinajstić information content (AvgIpc) is 2.43. The van der Waals surface area contributed by atoms with Gasteiger partial charge >= 0.3 is 0 Å². The lowest BCUT2D eigenvalue weighted by Gasteiger charge is -2.23. The van der Waals surface area contributed by atoms with Crippen LogP contribution in [0.1, 0.15) is 45.4 Å². The number of amides is 1. The van der Waals surface area contributed by atoms with E-state index in [-0.39, 0.29) is 0 Å². The lowest BCUT2D eigenvalue weighted by molar-refractivity contribution is -0.134. The molecule has 1 amide bonds. The highest BCUT2D eigenvalue weighted by Gasteiger charge is 2.23. The highest BCUT2D eigenvalue weighted by molar-refractivity contribution is 9.09. The molecule has 1 unspecified atom stereocenters. The van der Waals surface area contributed by atoms with Crippen LogP contribution in [0.5, 0.6) is 0 Å². The smallest absolute Gasteiger partial charge is 0.225 e. The molecule has 0 spiro atoms. The number of carbonyl (C=O) groups is 1. The summed E-state index contributed by atoms with van der Waals surface area (Å²) < 4.78 is 0. The minimum Gasteiger partial charge on any atom is -0.344 e. The normalized spacial score (nSPS) is 20.7. The fraction of sp³-hybridized carbons (Fsp3) is 0.917. The molecule has 0 bridgehead atoms. The van der Waals surface area contributed by atoms with Crippen molar-refractivity contribution in [3.8, 4) is 0 Å². The van der Waals surface area contributed by atoms with E-state index in [1.807, 2.05) is 11.9 Å². The number of alkyl halides is 1. The Bertz CT molecular complexity index is 198. The average molecular weight is 276 g/mol. The quantitative estimate of drug-likeness (QED) is 0.572. The maximum atomic E-state index is 12.1. The predicted molar refractivity (Wildman–Crippen MR) is 67.2 cm³/mol. The van der Waals surface area contributed by atoms with Gasteiger partial charge in [0.25, 0.3) is 0 Å². The second-order valence-corrected chi connectivity index (χ2v) is 6.25. The summed E-state index contributed by atoms with van der Waals surface area (Å²) >= 11 is 3.49. The molecule has 0 saturated heterocycles. The Morgan fingerprint density at radius 3 is 2.33 bits per heavy atom. The van der Waals surface area contributed by atoms with Crippen LogP contribution < -0.4 is 0 Å². The van der Waals surface area contributed by atoms with Crippen molar-refractivity contribution in [2.75, 3.05) is 13.6 Å². The van der Waals surface area contributed by atoms with Crippen molar-refractivity contribution in [2.45, 2.75) is 50.3 Å². The second-order valence-electron chi connectivity index (χ2n) is 4.69. The lowest BCUT2D eigenvalue weighted by atomic mass is 9.99. The molecule has 2 nitrogen and oxygen atoms in total. The summed E-state index contributed by atoms with van der Waals surface area (Å²) in [6, 6.07) is 0. The van der Waals surface area contributed by atoms with Crippen molar-refractivity contribution in [1.82, 2.24) is 4.90 Å². The van der Waals surface area contributed by atoms with E-state index in [4.69, 9.17) is 0 Å². The SMILES string of the molecule is CC(Br)CN(C)C(=O)C1CCCCCC1. The van der Waals surface area contributed by atoms with Crippen molar-refractivity contribution in [1.29, 1.82) is 0 Å². The molecule has 0 heterocycles. The zero-order valence-electron chi connectivity index (χ0n) is 9.84. The van der Waals surface area contributed by atoms with Crippen molar-refractivity contribution in [3.63, 3.8) is 0 Å². The Labute approximate surface area is 102 Å². The molecule has 15 heavy (non-hydrogen) atoms. The van der Waals surface area contributed by atoms with Gasteiger partial charge in [-0.25, -0.2) is 0 Å². The number of nitrogens with zero attached hydrogens (tertiary/aromatic N) is 1. The maximum Gasteiger partial charge on any atom is 0.225 e. The van der Waals surface area contributed by atoms with E-state index < -0.39 is 0 Å². The van der Waals surface area contributed by atoms with Crippen molar-refractivity contribution in [2.24, 2.45) is 5.92 Å². The third-order valence-corrected chi connectivity index (χ3v) is 3.40. The van der Waals surface area contributed by atoms with Crippen LogP contribution in [-0.2, 0) is 4.79 Å². The Hall–Kier alpha value is -0.0500. The molecule has 0 aromatic carbocycles. The summed E-state index contributed by atoms with van der Waals surface area (Å²) in [6.07, 6.45) is 7.27. The van der Waals surface area contributed by atoms with E-state index in [1.165, 1.54) is 25.7 Å². The van der Waals surface area contributed by atoms with Gasteiger partial charge in [0.1, 0.15) is 0 Å². The molecule has 3 heteroatoms. The number of carbonyl (C=O) groups excluding carboxylic acids is 1. The summed E-state index contributed by atoms with van der Waals surface area (Å²) in [5.41, 5.74) is 0. The molecule has 0 N–H and O–H groups in total. The number of hydrogen-bond acceptors (Lipinski definition) is 1. The third kappa shape index (κ3) is 4.54. The zero-order valence-corrected chi connectivity index (χ0v) is 11.4. The molecule has 0 aliphatic heterocycles. The van der Waals surface area contributed by atoms with Crippen LogP contribution in [0, 0.1) is 5.92 Å². The van der Waals surface area contributed by atoms with E-state index in [0.717, 1.165) is 19.4 Å². The molecular formula is C12H22BrNO. The third-order valence-electron chi connectivity index (χ3n) is 3.11. The molecule has 0 aromatic rings. The van der Waals surface area contributed by atoms with E-state index in [0.29, 0.717) is 16.7 Å². The van der Waals surface area contributed by atoms with Crippen LogP contribution in [0.3, 0.4) is 0 Å². The first kappa shape index (κ1) is 13.0. The van der Waals surface area contributed by atoms with Crippen LogP contribution in [0.4, 0.5) is 0 Å². The van der Waals surface area contributed by atoms with Crippen molar-refractivity contribution < 1.29 is 4.79 Å². The number of halogens is 1. The van der Waals surface area contributed by atoms with Gasteiger partial charge in [-0.15, -0.1) is 0 Å². The number of hydrogen-bond donors (Lipinski definition) is 0. The van der Waals surface area contributed by atoms with Crippen molar-refractivity contribution >= 4 is 21.8 Å². The summed E-state index contributed by atoms with van der Waals surface area (Å²) in [5.74, 6) is 0.645. The monoisotopic (exact) mass is 275 g/mol. The fourth-order valence-electron chi connectivity index (χ4n) is 2.31. The minimum absolute atomic E-state index is 0.295. The van der Waals surface area contributed by atoms with Crippen LogP contribution >= 0.6 is 15.9 Å². The first-order chi connectivity index (χ1) is 7.11. The van der Waals surface area contributed by atoms with E-state index in [2.05, 4.69) is 22.9 Å². The van der Waals surface area contributed by atoms with Gasteiger partial charge in [-0.05, 0) is 12.8 Å². The van der Waals surface area contributed by atoms with Gasteiger partial charge in [0, 0.05) is 24.3 Å². The second kappa shape index (κ2) is 6.51. The van der Waals surface area contributed by atoms with Crippen molar-refractivity contribution in [3.05, 3.63) is 0 Å². The lowest BCUT2D eigenvalue weighted by Crippen LogP contribution is -2.36. The fourth-order valence-corrected chi connectivity index (χ4v) is 2.74. The van der Waals surface area contributed by atoms with Gasteiger partial charge in [-0.3, -0.25) is 4.79 Å². The predicted octanol–water partition coefficient (Wildman–Crippen LogP) is 3.20. The summed E-state index contributed by atoms with van der Waals surface area (Å²) in [4.78, 5) is 14.4. The Balaban J connectivity index is 2.42. The highest BCUT2D eigenvalue weighted by atomic mass is 79.9. The Morgan fingerprint density at radius 2 is 1.87 bits per heavy atom. The molecule has 1 fully saturated rings. The molecular weight excluding hydrogens is 254 g/mol. The van der Waals surface area contributed by atoms with Crippen LogP contribution in [0.15, 0.2) is 0 Å². The number of rotatable bonds is 3. The molecule has 0 aromatic heterocycles. The van der Waals surface area contributed by atoms with E-state index in [1.54, 1.807) is 0 Å². The van der Waals surface area contributed by atoms with Gasteiger partial charge in [-0.2, -0.15) is 0 Å². The van der Waals surface area contributed by atoms with Gasteiger partial charge in [0.2, 0.25) is 5.91 Å². The molecule has 1 aliphatic carbocycles. The van der Waals surface area contributed by atoms with Gasteiger partial charge in [-0.1, -0.05) is 48.5 Å². The molecule has 1 rings (SSSR count). The van der Waals surface area contributed by atoms with Crippen LogP contribution in [-0.4, -0.2) is 29.2 Å². The summed E-state index contributed by atoms with van der Waals surface area (Å²) in [5, 5.41) is 0. The van der Waals surface area contributed by atoms with E-state index >= 15 is 0 Å². The van der Waals surface area contributed by atoms with E-state index in [9.17, 15) is 4.79 Å². The van der Waals surface area contributed by atoms with Crippen LogP contribution in [0.25, 0.3) is 0 Å². The molecule has 1 saturated carbocycles. The molecule has 88 valence electrons. The highest BCUT2D eigenvalue weighted by Crippen LogP contribution is 2.24. The zero-order chi connectivity index (χ0) is 11.3. The Kier molecular flexibility index (Phi) is 5.65. The molecule has 1 atom stereocenters. The first-order valence-electron chi connectivity index (χ1n) is 6.00.